The molecule has 0 unspecified atom stereocenters. The molecule has 6 nitrogen and oxygen atoms in total. The van der Waals surface area contributed by atoms with Gasteiger partial charge >= 0.3 is 12.2 Å². The second kappa shape index (κ2) is 11.6. The van der Waals surface area contributed by atoms with Crippen LogP contribution in [0.2, 0.25) is 5.02 Å². The molecule has 2 amide bonds. The van der Waals surface area contributed by atoms with E-state index in [0.29, 0.717) is 6.54 Å². The Bertz CT molecular complexity index is 1660. The summed E-state index contributed by atoms with van der Waals surface area (Å²) in [4.78, 5) is 12.3. The van der Waals surface area contributed by atoms with Crippen molar-refractivity contribution in [2.45, 2.75) is 19.3 Å². The molecule has 11 heteroatoms. The van der Waals surface area contributed by atoms with Crippen LogP contribution in [0.5, 0.6) is 0 Å². The van der Waals surface area contributed by atoms with Gasteiger partial charge in [0.25, 0.3) is 0 Å². The van der Waals surface area contributed by atoms with Crippen LogP contribution in [0.4, 0.5) is 29.5 Å². The highest BCUT2D eigenvalue weighted by molar-refractivity contribution is 9.10. The van der Waals surface area contributed by atoms with Gasteiger partial charge in [-0.1, -0.05) is 66.2 Å². The molecule has 5 rings (SSSR count). The molecule has 40 heavy (non-hydrogen) atoms. The maximum Gasteiger partial charge on any atom is 0.418 e. The number of halogens is 5. The quantitative estimate of drug-likeness (QED) is 0.170. The lowest BCUT2D eigenvalue weighted by Gasteiger charge is -2.15. The van der Waals surface area contributed by atoms with E-state index in [1.807, 2.05) is 53.0 Å². The summed E-state index contributed by atoms with van der Waals surface area (Å²) in [5.41, 5.74) is 3.48. The molecule has 0 aliphatic heterocycles. The van der Waals surface area contributed by atoms with Crippen LogP contribution in [0.15, 0.2) is 95.6 Å². The number of aromatic nitrogens is 2. The number of alkyl halides is 3. The molecule has 0 fully saturated rings. The average molecular weight is 629 g/mol. The minimum absolute atomic E-state index is 0.0707. The zero-order valence-corrected chi connectivity index (χ0v) is 23.1. The largest absolute Gasteiger partial charge is 0.418 e. The summed E-state index contributed by atoms with van der Waals surface area (Å²) in [6.45, 7) is 0.658. The van der Waals surface area contributed by atoms with Crippen molar-refractivity contribution in [2.75, 3.05) is 10.6 Å². The third-order valence-electron chi connectivity index (χ3n) is 6.16. The summed E-state index contributed by atoms with van der Waals surface area (Å²) < 4.78 is 42.5. The fourth-order valence-electron chi connectivity index (χ4n) is 4.16. The van der Waals surface area contributed by atoms with E-state index in [9.17, 15) is 18.0 Å². The van der Waals surface area contributed by atoms with E-state index >= 15 is 0 Å². The van der Waals surface area contributed by atoms with E-state index < -0.39 is 17.8 Å². The van der Waals surface area contributed by atoms with E-state index in [2.05, 4.69) is 55.2 Å². The van der Waals surface area contributed by atoms with Gasteiger partial charge in [0.05, 0.1) is 27.4 Å². The van der Waals surface area contributed by atoms with Crippen molar-refractivity contribution < 1.29 is 18.0 Å². The van der Waals surface area contributed by atoms with Crippen LogP contribution < -0.4 is 16.0 Å². The zero-order valence-electron chi connectivity index (χ0n) is 20.8. The Morgan fingerprint density at radius 2 is 1.60 bits per heavy atom. The first kappa shape index (κ1) is 27.5. The number of nitrogens with zero attached hydrogens (tertiary/aromatic N) is 2. The lowest BCUT2D eigenvalue weighted by atomic mass is 10.1. The fraction of sp³-hybridized carbons (Fsp3) is 0.103. The van der Waals surface area contributed by atoms with Crippen molar-refractivity contribution in [3.63, 3.8) is 0 Å². The second-order valence-corrected chi connectivity index (χ2v) is 10.2. The number of pyridine rings is 1. The van der Waals surface area contributed by atoms with Gasteiger partial charge in [0, 0.05) is 18.1 Å². The van der Waals surface area contributed by atoms with E-state index in [0.717, 1.165) is 50.2 Å². The Hall–Kier alpha value is -4.02. The highest BCUT2D eigenvalue weighted by atomic mass is 79.9. The molecule has 0 saturated heterocycles. The Morgan fingerprint density at radius 1 is 0.900 bits per heavy atom. The number of anilines is 2. The first-order valence-electron chi connectivity index (χ1n) is 12.1. The normalized spacial score (nSPS) is 11.4. The number of nitrogens with one attached hydrogen (secondary N) is 3. The average Bonchev–Trinajstić information content (AvgIpc) is 3.32. The summed E-state index contributed by atoms with van der Waals surface area (Å²) in [7, 11) is 0. The van der Waals surface area contributed by atoms with Gasteiger partial charge in [-0.15, -0.1) is 0 Å². The second-order valence-electron chi connectivity index (χ2n) is 8.95. The van der Waals surface area contributed by atoms with Crippen molar-refractivity contribution >= 4 is 50.6 Å². The van der Waals surface area contributed by atoms with Gasteiger partial charge in [-0.3, -0.25) is 0 Å². The van der Waals surface area contributed by atoms with Crippen molar-refractivity contribution in [2.24, 2.45) is 0 Å². The van der Waals surface area contributed by atoms with Crippen LogP contribution >= 0.6 is 27.5 Å². The highest BCUT2D eigenvalue weighted by Crippen LogP contribution is 2.36. The third kappa shape index (κ3) is 6.40. The summed E-state index contributed by atoms with van der Waals surface area (Å²) >= 11 is 9.26. The van der Waals surface area contributed by atoms with Crippen LogP contribution in [0.25, 0.3) is 16.6 Å². The lowest BCUT2D eigenvalue weighted by Crippen LogP contribution is -2.29. The van der Waals surface area contributed by atoms with Crippen molar-refractivity contribution in [1.29, 1.82) is 0 Å². The number of benzene rings is 3. The molecule has 3 aromatic carbocycles. The molecule has 0 aliphatic carbocycles. The SMILES string of the molecule is O=C(NCc1ccc(CNc2cc(-c3ccccc3)cc3c(Br)cnn23)cc1)Nc1ccc(Cl)cc1C(F)(F)F. The highest BCUT2D eigenvalue weighted by Gasteiger charge is 2.34. The van der Waals surface area contributed by atoms with Crippen LogP contribution in [0.1, 0.15) is 16.7 Å². The molecular weight excluding hydrogens is 607 g/mol. The smallest absolute Gasteiger partial charge is 0.366 e. The van der Waals surface area contributed by atoms with Gasteiger partial charge in [0.2, 0.25) is 0 Å². The lowest BCUT2D eigenvalue weighted by molar-refractivity contribution is -0.136. The van der Waals surface area contributed by atoms with Gasteiger partial charge in [-0.05, 0) is 68.5 Å². The predicted molar refractivity (Wildman–Crippen MR) is 154 cm³/mol. The molecule has 0 spiro atoms. The maximum atomic E-state index is 13.3. The van der Waals surface area contributed by atoms with Crippen molar-refractivity contribution in [3.05, 3.63) is 117 Å². The first-order chi connectivity index (χ1) is 19.2. The fourth-order valence-corrected chi connectivity index (χ4v) is 4.70. The van der Waals surface area contributed by atoms with Crippen molar-refractivity contribution in [1.82, 2.24) is 14.9 Å². The van der Waals surface area contributed by atoms with E-state index in [-0.39, 0.29) is 17.3 Å². The minimum atomic E-state index is -4.65. The molecular formula is C29H22BrClF3N5O. The van der Waals surface area contributed by atoms with Gasteiger partial charge in [-0.2, -0.15) is 18.3 Å². The van der Waals surface area contributed by atoms with Crippen molar-refractivity contribution in [3.8, 4) is 11.1 Å². The summed E-state index contributed by atoms with van der Waals surface area (Å²) in [6, 6.07) is 24.2. The molecule has 5 aromatic rings. The molecule has 0 radical (unpaired) electrons. The van der Waals surface area contributed by atoms with Gasteiger partial charge < -0.3 is 16.0 Å². The molecule has 0 saturated carbocycles. The van der Waals surface area contributed by atoms with Crippen LogP contribution in [0, 0.1) is 0 Å². The number of fused-ring (bicyclic) bond motifs is 1. The Kier molecular flexibility index (Phi) is 7.99. The van der Waals surface area contributed by atoms with Gasteiger partial charge in [0.1, 0.15) is 5.82 Å². The molecule has 2 aromatic heterocycles. The van der Waals surface area contributed by atoms with E-state index in [1.165, 1.54) is 6.07 Å². The number of hydrogen-bond donors (Lipinski definition) is 3. The third-order valence-corrected chi connectivity index (χ3v) is 7.01. The Morgan fingerprint density at radius 3 is 2.30 bits per heavy atom. The molecule has 2 heterocycles. The van der Waals surface area contributed by atoms with E-state index in [4.69, 9.17) is 11.6 Å². The standard InChI is InChI=1S/C29H22BrClF3N5O/c30-24-17-37-39-26(24)12-21(20-4-2-1-3-5-20)13-27(39)35-15-18-6-8-19(9-7-18)16-36-28(40)38-25-11-10-22(31)14-23(25)29(32,33)34/h1-14,17,35H,15-16H2,(H2,36,38,40). The molecule has 204 valence electrons. The topological polar surface area (TPSA) is 70.5 Å². The maximum absolute atomic E-state index is 13.3. The summed E-state index contributed by atoms with van der Waals surface area (Å²) in [5.74, 6) is 0.824. The van der Waals surface area contributed by atoms with E-state index in [1.54, 1.807) is 6.20 Å². The molecule has 0 atom stereocenters. The number of urea groups is 1. The molecule has 3 N–H and O–H groups in total. The zero-order chi connectivity index (χ0) is 28.3. The summed E-state index contributed by atoms with van der Waals surface area (Å²) in [6.07, 6.45) is -2.90. The molecule has 0 aliphatic rings. The number of hydrogen-bond acceptors (Lipinski definition) is 3. The number of carbonyl (C=O) groups is 1. The van der Waals surface area contributed by atoms with Crippen LogP contribution in [-0.2, 0) is 19.3 Å². The summed E-state index contributed by atoms with van der Waals surface area (Å²) in [5, 5.41) is 12.7. The van der Waals surface area contributed by atoms with Crippen LogP contribution in [0.3, 0.4) is 0 Å². The number of amides is 2. The van der Waals surface area contributed by atoms with Gasteiger partial charge in [0.15, 0.2) is 0 Å². The Labute approximate surface area is 241 Å². The number of carbonyl (C=O) groups excluding carboxylic acids is 1. The monoisotopic (exact) mass is 627 g/mol. The van der Waals surface area contributed by atoms with Crippen LogP contribution in [-0.4, -0.2) is 15.6 Å². The number of rotatable bonds is 7. The Balaban J connectivity index is 1.22. The first-order valence-corrected chi connectivity index (χ1v) is 13.3. The minimum Gasteiger partial charge on any atom is -0.366 e. The van der Waals surface area contributed by atoms with Gasteiger partial charge in [-0.25, -0.2) is 9.31 Å². The predicted octanol–water partition coefficient (Wildman–Crippen LogP) is 8.37. The molecule has 0 bridgehead atoms.